The summed E-state index contributed by atoms with van der Waals surface area (Å²) in [5, 5.41) is 0. The second-order valence-electron chi connectivity index (χ2n) is 8.99. The van der Waals surface area contributed by atoms with Gasteiger partial charge in [-0.3, -0.25) is 9.59 Å². The van der Waals surface area contributed by atoms with E-state index in [0.29, 0.717) is 30.0 Å². The number of anilines is 2. The number of rotatable bonds is 4. The fraction of sp³-hybridized carbons (Fsp3) is 0.250. The maximum atomic E-state index is 13.8. The van der Waals surface area contributed by atoms with Crippen LogP contribution in [-0.2, 0) is 9.59 Å². The first-order valence-corrected chi connectivity index (χ1v) is 11.6. The molecule has 2 aromatic carbocycles. The van der Waals surface area contributed by atoms with Crippen molar-refractivity contribution in [2.45, 2.75) is 20.8 Å². The van der Waals surface area contributed by atoms with Gasteiger partial charge < -0.3 is 9.80 Å². The third-order valence-corrected chi connectivity index (χ3v) is 6.57. The summed E-state index contributed by atoms with van der Waals surface area (Å²) in [7, 11) is 0. The van der Waals surface area contributed by atoms with Gasteiger partial charge in [0.1, 0.15) is 11.5 Å². The molecule has 2 aliphatic heterocycles. The van der Waals surface area contributed by atoms with E-state index in [0.717, 1.165) is 41.2 Å². The average molecular weight is 453 g/mol. The molecule has 0 aliphatic carbocycles. The topological polar surface area (TPSA) is 56.8 Å². The molecule has 1 fully saturated rings. The van der Waals surface area contributed by atoms with Gasteiger partial charge in [0, 0.05) is 32.4 Å². The van der Waals surface area contributed by atoms with Gasteiger partial charge in [0.2, 0.25) is 0 Å². The first-order chi connectivity index (χ1) is 16.4. The normalized spacial score (nSPS) is 16.6. The number of pyridine rings is 1. The van der Waals surface area contributed by atoms with Crippen LogP contribution in [0.1, 0.15) is 22.3 Å². The van der Waals surface area contributed by atoms with Crippen LogP contribution in [0.3, 0.4) is 0 Å². The van der Waals surface area contributed by atoms with Crippen molar-refractivity contribution in [1.82, 2.24) is 9.88 Å². The summed E-state index contributed by atoms with van der Waals surface area (Å²) in [5.41, 5.74) is 5.61. The van der Waals surface area contributed by atoms with Crippen molar-refractivity contribution in [2.24, 2.45) is 0 Å². The Labute approximate surface area is 200 Å². The fourth-order valence-electron chi connectivity index (χ4n) is 4.78. The minimum atomic E-state index is -0.261. The Morgan fingerprint density at radius 1 is 0.735 bits per heavy atom. The molecule has 3 aromatic rings. The van der Waals surface area contributed by atoms with Gasteiger partial charge in [0.25, 0.3) is 11.8 Å². The summed E-state index contributed by atoms with van der Waals surface area (Å²) >= 11 is 0. The highest BCUT2D eigenvalue weighted by atomic mass is 16.2. The number of piperazine rings is 1. The van der Waals surface area contributed by atoms with Gasteiger partial charge in [-0.25, -0.2) is 9.88 Å². The number of benzene rings is 2. The molecular formula is C28H28N4O2. The fourth-order valence-corrected chi connectivity index (χ4v) is 4.78. The lowest BCUT2D eigenvalue weighted by Crippen LogP contribution is -2.48. The maximum Gasteiger partial charge on any atom is 0.282 e. The molecule has 3 heterocycles. The van der Waals surface area contributed by atoms with Crippen LogP contribution in [0.2, 0.25) is 0 Å². The van der Waals surface area contributed by atoms with Crippen molar-refractivity contribution in [3.8, 4) is 0 Å². The predicted octanol–water partition coefficient (Wildman–Crippen LogP) is 4.11. The SMILES string of the molecule is Cc1ccc(N2C(=O)C(c3ccc(C)cc3C)=C(N3CCN(c4ccccn4)CC3)C2=O)cc1. The van der Waals surface area contributed by atoms with E-state index in [1.165, 1.54) is 4.90 Å². The number of nitrogens with zero attached hydrogens (tertiary/aromatic N) is 4. The average Bonchev–Trinajstić information content (AvgIpc) is 3.10. The van der Waals surface area contributed by atoms with Crippen LogP contribution in [-0.4, -0.2) is 47.9 Å². The van der Waals surface area contributed by atoms with Crippen LogP contribution in [0.15, 0.2) is 72.6 Å². The molecular weight excluding hydrogens is 424 g/mol. The van der Waals surface area contributed by atoms with Gasteiger partial charge in [0.15, 0.2) is 0 Å². The number of hydrogen-bond donors (Lipinski definition) is 0. The van der Waals surface area contributed by atoms with Gasteiger partial charge in [0.05, 0.1) is 11.3 Å². The van der Waals surface area contributed by atoms with E-state index in [1.807, 2.05) is 75.4 Å². The van der Waals surface area contributed by atoms with E-state index in [4.69, 9.17) is 0 Å². The molecule has 2 amide bonds. The number of imide groups is 1. The van der Waals surface area contributed by atoms with Gasteiger partial charge >= 0.3 is 0 Å². The van der Waals surface area contributed by atoms with Crippen molar-refractivity contribution >= 4 is 28.9 Å². The molecule has 1 aromatic heterocycles. The maximum absolute atomic E-state index is 13.8. The van der Waals surface area contributed by atoms with Crippen LogP contribution < -0.4 is 9.80 Å². The Balaban J connectivity index is 1.53. The quantitative estimate of drug-likeness (QED) is 0.558. The highest BCUT2D eigenvalue weighted by molar-refractivity contribution is 6.45. The molecule has 0 saturated carbocycles. The molecule has 0 atom stereocenters. The Hall–Kier alpha value is -3.93. The molecule has 6 nitrogen and oxygen atoms in total. The molecule has 0 spiro atoms. The molecule has 172 valence electrons. The van der Waals surface area contributed by atoms with Crippen molar-refractivity contribution in [1.29, 1.82) is 0 Å². The summed E-state index contributed by atoms with van der Waals surface area (Å²) in [6.45, 7) is 8.76. The third kappa shape index (κ3) is 3.85. The van der Waals surface area contributed by atoms with Crippen LogP contribution in [0.25, 0.3) is 5.57 Å². The van der Waals surface area contributed by atoms with Crippen molar-refractivity contribution in [2.75, 3.05) is 36.0 Å². The number of aryl methyl sites for hydroxylation is 3. The molecule has 0 N–H and O–H groups in total. The Kier molecular flexibility index (Phi) is 5.65. The molecule has 5 rings (SSSR count). The lowest BCUT2D eigenvalue weighted by atomic mass is 9.97. The number of carbonyl (C=O) groups is 2. The van der Waals surface area contributed by atoms with Crippen molar-refractivity contribution in [3.05, 3.63) is 94.8 Å². The second-order valence-corrected chi connectivity index (χ2v) is 8.99. The van der Waals surface area contributed by atoms with Gasteiger partial charge in [-0.15, -0.1) is 0 Å². The minimum Gasteiger partial charge on any atom is -0.363 e. The Morgan fingerprint density at radius 3 is 2.06 bits per heavy atom. The molecule has 34 heavy (non-hydrogen) atoms. The number of amides is 2. The molecule has 6 heteroatoms. The standard InChI is InChI=1S/C28H28N4O2/c1-19-7-10-22(11-8-19)32-27(33)25(23-12-9-20(2)18-21(23)3)26(28(32)34)31-16-14-30(15-17-31)24-6-4-5-13-29-24/h4-13,18H,14-17H2,1-3H3. The zero-order chi connectivity index (χ0) is 23.8. The van der Waals surface area contributed by atoms with E-state index in [1.54, 1.807) is 6.20 Å². The van der Waals surface area contributed by atoms with E-state index >= 15 is 0 Å². The molecule has 0 unspecified atom stereocenters. The van der Waals surface area contributed by atoms with E-state index < -0.39 is 0 Å². The molecule has 1 saturated heterocycles. The summed E-state index contributed by atoms with van der Waals surface area (Å²) < 4.78 is 0. The van der Waals surface area contributed by atoms with Crippen LogP contribution >= 0.6 is 0 Å². The largest absolute Gasteiger partial charge is 0.363 e. The Morgan fingerprint density at radius 2 is 1.41 bits per heavy atom. The van der Waals surface area contributed by atoms with Gasteiger partial charge in [-0.2, -0.15) is 0 Å². The lowest BCUT2D eigenvalue weighted by Gasteiger charge is -2.37. The Bertz CT molecular complexity index is 1270. The number of hydrogen-bond acceptors (Lipinski definition) is 5. The third-order valence-electron chi connectivity index (χ3n) is 6.57. The van der Waals surface area contributed by atoms with Crippen LogP contribution in [0, 0.1) is 20.8 Å². The number of aromatic nitrogens is 1. The summed E-state index contributed by atoms with van der Waals surface area (Å²) in [5.74, 6) is 0.416. The predicted molar refractivity (Wildman–Crippen MR) is 135 cm³/mol. The summed E-state index contributed by atoms with van der Waals surface area (Å²) in [4.78, 5) is 37.6. The highest BCUT2D eigenvalue weighted by Crippen LogP contribution is 2.36. The van der Waals surface area contributed by atoms with Crippen LogP contribution in [0.4, 0.5) is 11.5 Å². The first kappa shape index (κ1) is 21.9. The zero-order valence-electron chi connectivity index (χ0n) is 19.8. The second kappa shape index (κ2) is 8.78. The minimum absolute atomic E-state index is 0.255. The first-order valence-electron chi connectivity index (χ1n) is 11.6. The van der Waals surface area contributed by atoms with Crippen molar-refractivity contribution < 1.29 is 9.59 Å². The van der Waals surface area contributed by atoms with Gasteiger partial charge in [-0.05, 0) is 56.2 Å². The molecule has 0 bridgehead atoms. The van der Waals surface area contributed by atoms with Gasteiger partial charge in [-0.1, -0.05) is 47.5 Å². The summed E-state index contributed by atoms with van der Waals surface area (Å²) in [6, 6.07) is 19.4. The summed E-state index contributed by atoms with van der Waals surface area (Å²) in [6.07, 6.45) is 1.79. The molecule has 0 radical (unpaired) electrons. The van der Waals surface area contributed by atoms with Crippen LogP contribution in [0.5, 0.6) is 0 Å². The monoisotopic (exact) mass is 452 g/mol. The smallest absolute Gasteiger partial charge is 0.282 e. The number of carbonyl (C=O) groups excluding carboxylic acids is 2. The highest BCUT2D eigenvalue weighted by Gasteiger charge is 2.43. The lowest BCUT2D eigenvalue weighted by molar-refractivity contribution is -0.120. The zero-order valence-corrected chi connectivity index (χ0v) is 19.8. The van der Waals surface area contributed by atoms with E-state index in [9.17, 15) is 9.59 Å². The van der Waals surface area contributed by atoms with Crippen molar-refractivity contribution in [3.63, 3.8) is 0 Å². The van der Waals surface area contributed by atoms with E-state index in [2.05, 4.69) is 20.9 Å². The molecule has 2 aliphatic rings. The van der Waals surface area contributed by atoms with E-state index in [-0.39, 0.29) is 11.8 Å².